The zero-order valence-electron chi connectivity index (χ0n) is 14.5. The van der Waals surface area contributed by atoms with E-state index in [0.29, 0.717) is 18.5 Å². The van der Waals surface area contributed by atoms with Gasteiger partial charge in [-0.25, -0.2) is 8.78 Å². The summed E-state index contributed by atoms with van der Waals surface area (Å²) in [4.78, 5) is 15.8. The van der Waals surface area contributed by atoms with Gasteiger partial charge in [-0.2, -0.15) is 0 Å². The fourth-order valence-electron chi connectivity index (χ4n) is 3.29. The van der Waals surface area contributed by atoms with Crippen LogP contribution in [0.15, 0.2) is 29.6 Å². The van der Waals surface area contributed by atoms with E-state index in [2.05, 4.69) is 17.1 Å². The summed E-state index contributed by atoms with van der Waals surface area (Å²) in [5, 5.41) is 14.4. The van der Waals surface area contributed by atoms with Crippen molar-refractivity contribution in [2.24, 2.45) is 5.92 Å². The lowest BCUT2D eigenvalue weighted by Crippen LogP contribution is -2.41. The molecule has 0 saturated carbocycles. The second-order valence-electron chi connectivity index (χ2n) is 6.74. The predicted octanol–water partition coefficient (Wildman–Crippen LogP) is 3.93. The summed E-state index contributed by atoms with van der Waals surface area (Å²) < 4.78 is 27.0. The van der Waals surface area contributed by atoms with Crippen molar-refractivity contribution in [2.75, 3.05) is 19.6 Å². The maximum Gasteiger partial charge on any atom is 0.258 e. The van der Waals surface area contributed by atoms with Crippen molar-refractivity contribution in [1.29, 1.82) is 0 Å². The van der Waals surface area contributed by atoms with Crippen LogP contribution in [0.2, 0.25) is 0 Å². The second kappa shape index (κ2) is 8.14. The van der Waals surface area contributed by atoms with E-state index in [0.717, 1.165) is 36.9 Å². The fraction of sp³-hybridized carbons (Fsp3) is 0.421. The maximum absolute atomic E-state index is 13.9. The lowest BCUT2D eigenvalue weighted by molar-refractivity contribution is 0.0908. The predicted molar refractivity (Wildman–Crippen MR) is 97.4 cm³/mol. The van der Waals surface area contributed by atoms with Gasteiger partial charge in [-0.1, -0.05) is 13.0 Å². The van der Waals surface area contributed by atoms with Gasteiger partial charge in [-0.15, -0.1) is 11.3 Å². The van der Waals surface area contributed by atoms with Gasteiger partial charge in [0, 0.05) is 23.6 Å². The van der Waals surface area contributed by atoms with Gasteiger partial charge < -0.3 is 10.4 Å². The van der Waals surface area contributed by atoms with Crippen molar-refractivity contribution in [2.45, 2.75) is 25.8 Å². The Labute approximate surface area is 155 Å². The molecular weight excluding hydrogens is 358 g/mol. The van der Waals surface area contributed by atoms with Crippen LogP contribution in [0.4, 0.5) is 8.78 Å². The summed E-state index contributed by atoms with van der Waals surface area (Å²) in [6.45, 7) is 4.41. The largest absolute Gasteiger partial charge is 0.507 e. The molecule has 0 spiro atoms. The van der Waals surface area contributed by atoms with Crippen molar-refractivity contribution >= 4 is 17.2 Å². The Morgan fingerprint density at radius 2 is 2.12 bits per heavy atom. The number of piperidine rings is 1. The Kier molecular flexibility index (Phi) is 5.88. The summed E-state index contributed by atoms with van der Waals surface area (Å²) >= 11 is 1.62. The molecule has 7 heteroatoms. The molecule has 1 amide bonds. The number of phenolic OH excluding ortho intramolecular Hbond substituents is 1. The number of hydrogen-bond donors (Lipinski definition) is 2. The number of carbonyl (C=O) groups excluding carboxylic acids is 1. The van der Waals surface area contributed by atoms with Gasteiger partial charge in [0.25, 0.3) is 5.91 Å². The summed E-state index contributed by atoms with van der Waals surface area (Å²) in [6.07, 6.45) is 2.20. The summed E-state index contributed by atoms with van der Waals surface area (Å²) in [5.41, 5.74) is -0.524. The van der Waals surface area contributed by atoms with Gasteiger partial charge in [-0.05, 0) is 43.3 Å². The van der Waals surface area contributed by atoms with Crippen molar-refractivity contribution < 1.29 is 18.7 Å². The smallest absolute Gasteiger partial charge is 0.258 e. The number of amides is 1. The number of benzene rings is 1. The van der Waals surface area contributed by atoms with Crippen molar-refractivity contribution in [1.82, 2.24) is 10.2 Å². The average molecular weight is 380 g/mol. The number of thiophene rings is 1. The SMILES string of the molecule is CC1CCN(C(CNC(=O)c2c(O)cc(F)cc2F)c2cccs2)CC1. The van der Waals surface area contributed by atoms with Crippen molar-refractivity contribution in [3.8, 4) is 5.75 Å². The molecular formula is C19H22F2N2O2S. The molecule has 1 aromatic carbocycles. The molecule has 2 heterocycles. The molecule has 1 aliphatic heterocycles. The van der Waals surface area contributed by atoms with Crippen LogP contribution in [0.25, 0.3) is 0 Å². The number of nitrogens with zero attached hydrogens (tertiary/aromatic N) is 1. The van der Waals surface area contributed by atoms with E-state index in [1.165, 1.54) is 0 Å². The number of carbonyl (C=O) groups is 1. The maximum atomic E-state index is 13.9. The Morgan fingerprint density at radius 1 is 1.38 bits per heavy atom. The van der Waals surface area contributed by atoms with E-state index in [9.17, 15) is 18.7 Å². The van der Waals surface area contributed by atoms with E-state index >= 15 is 0 Å². The topological polar surface area (TPSA) is 52.6 Å². The second-order valence-corrected chi connectivity index (χ2v) is 7.72. The normalized spacial score (nSPS) is 17.2. The first kappa shape index (κ1) is 18.8. The van der Waals surface area contributed by atoms with Crippen LogP contribution in [-0.4, -0.2) is 35.5 Å². The minimum Gasteiger partial charge on any atom is -0.507 e. The lowest BCUT2D eigenvalue weighted by atomic mass is 9.97. The summed E-state index contributed by atoms with van der Waals surface area (Å²) in [6, 6.07) is 5.32. The van der Waals surface area contributed by atoms with Gasteiger partial charge in [0.1, 0.15) is 22.9 Å². The molecule has 1 aromatic heterocycles. The third kappa shape index (κ3) is 4.22. The molecule has 4 nitrogen and oxygen atoms in total. The highest BCUT2D eigenvalue weighted by Crippen LogP contribution is 2.29. The molecule has 1 saturated heterocycles. The monoisotopic (exact) mass is 380 g/mol. The lowest BCUT2D eigenvalue weighted by Gasteiger charge is -2.36. The highest BCUT2D eigenvalue weighted by molar-refractivity contribution is 7.10. The van der Waals surface area contributed by atoms with E-state index in [4.69, 9.17) is 0 Å². The third-order valence-corrected chi connectivity index (χ3v) is 5.82. The minimum atomic E-state index is -1.07. The Bertz CT molecular complexity index is 736. The van der Waals surface area contributed by atoms with Crippen molar-refractivity contribution in [3.63, 3.8) is 0 Å². The van der Waals surface area contributed by atoms with E-state index in [-0.39, 0.29) is 6.04 Å². The van der Waals surface area contributed by atoms with Crippen LogP contribution in [-0.2, 0) is 0 Å². The van der Waals surface area contributed by atoms with Gasteiger partial charge in [0.2, 0.25) is 0 Å². The van der Waals surface area contributed by atoms with Crippen LogP contribution < -0.4 is 5.32 Å². The summed E-state index contributed by atoms with van der Waals surface area (Å²) in [7, 11) is 0. The number of halogens is 2. The molecule has 3 rings (SSSR count). The molecule has 1 aliphatic rings. The van der Waals surface area contributed by atoms with Crippen LogP contribution in [0.1, 0.15) is 41.0 Å². The Morgan fingerprint density at radius 3 is 2.73 bits per heavy atom. The molecule has 0 aliphatic carbocycles. The fourth-order valence-corrected chi connectivity index (χ4v) is 4.15. The van der Waals surface area contributed by atoms with Gasteiger partial charge in [0.15, 0.2) is 0 Å². The molecule has 26 heavy (non-hydrogen) atoms. The zero-order valence-corrected chi connectivity index (χ0v) is 15.4. The van der Waals surface area contributed by atoms with Gasteiger partial charge in [-0.3, -0.25) is 9.69 Å². The molecule has 0 radical (unpaired) electrons. The standard InChI is InChI=1S/C19H22F2N2O2S/c1-12-4-6-23(7-5-12)15(17-3-2-8-26-17)11-22-19(25)18-14(21)9-13(20)10-16(18)24/h2-3,8-10,12,15,24H,4-7,11H2,1H3,(H,22,25). The minimum absolute atomic E-state index is 0.00268. The average Bonchev–Trinajstić information content (AvgIpc) is 3.10. The number of hydrogen-bond acceptors (Lipinski definition) is 4. The first-order valence-electron chi connectivity index (χ1n) is 8.69. The Balaban J connectivity index is 1.73. The molecule has 2 N–H and O–H groups in total. The summed E-state index contributed by atoms with van der Waals surface area (Å²) in [5.74, 6) is -2.74. The van der Waals surface area contributed by atoms with Crippen LogP contribution in [0, 0.1) is 17.6 Å². The Hall–Kier alpha value is -1.99. The highest BCUT2D eigenvalue weighted by atomic mass is 32.1. The van der Waals surface area contributed by atoms with E-state index < -0.39 is 28.9 Å². The van der Waals surface area contributed by atoms with E-state index in [1.54, 1.807) is 11.3 Å². The number of nitrogens with one attached hydrogen (secondary N) is 1. The number of rotatable bonds is 5. The molecule has 2 aromatic rings. The van der Waals surface area contributed by atoms with Gasteiger partial charge in [0.05, 0.1) is 6.04 Å². The number of likely N-dealkylation sites (tertiary alicyclic amines) is 1. The van der Waals surface area contributed by atoms with Crippen LogP contribution in [0.3, 0.4) is 0 Å². The van der Waals surface area contributed by atoms with E-state index in [1.807, 2.05) is 17.5 Å². The quantitative estimate of drug-likeness (QED) is 0.826. The van der Waals surface area contributed by atoms with Crippen LogP contribution in [0.5, 0.6) is 5.75 Å². The molecule has 1 fully saturated rings. The number of phenols is 1. The third-order valence-electron chi connectivity index (χ3n) is 4.85. The molecule has 1 atom stereocenters. The number of aromatic hydroxyl groups is 1. The first-order valence-corrected chi connectivity index (χ1v) is 9.57. The molecule has 1 unspecified atom stereocenters. The zero-order chi connectivity index (χ0) is 18.7. The first-order chi connectivity index (χ1) is 12.5. The molecule has 140 valence electrons. The molecule has 0 bridgehead atoms. The van der Waals surface area contributed by atoms with Gasteiger partial charge >= 0.3 is 0 Å². The van der Waals surface area contributed by atoms with Crippen LogP contribution >= 0.6 is 11.3 Å². The van der Waals surface area contributed by atoms with Crippen molar-refractivity contribution in [3.05, 3.63) is 51.7 Å². The highest BCUT2D eigenvalue weighted by Gasteiger charge is 2.27.